The van der Waals surface area contributed by atoms with Gasteiger partial charge in [0.25, 0.3) is 0 Å². The Morgan fingerprint density at radius 3 is 2.77 bits per heavy atom. The van der Waals surface area contributed by atoms with Gasteiger partial charge in [-0.05, 0) is 26.0 Å². The summed E-state index contributed by atoms with van der Waals surface area (Å²) in [6.07, 6.45) is 1.07. The van der Waals surface area contributed by atoms with E-state index < -0.39 is 11.2 Å². The zero-order valence-electron chi connectivity index (χ0n) is 16.0. The van der Waals surface area contributed by atoms with Gasteiger partial charge in [-0.2, -0.15) is 5.10 Å². The summed E-state index contributed by atoms with van der Waals surface area (Å²) in [6, 6.07) is 7.57. The summed E-state index contributed by atoms with van der Waals surface area (Å²) >= 11 is 0. The fourth-order valence-electron chi connectivity index (χ4n) is 3.40. The number of nitrogens with one attached hydrogen (secondary N) is 1. The number of nitrogens with zero attached hydrogens (tertiary/aromatic N) is 6. The minimum Gasteiger partial charge on any atom is -0.308 e. The van der Waals surface area contributed by atoms with Crippen LogP contribution in [0.3, 0.4) is 0 Å². The van der Waals surface area contributed by atoms with E-state index in [4.69, 9.17) is 0 Å². The monoisotopic (exact) mass is 407 g/mol. The van der Waals surface area contributed by atoms with Crippen LogP contribution in [0.4, 0.5) is 14.6 Å². The van der Waals surface area contributed by atoms with Crippen LogP contribution in [0.1, 0.15) is 25.1 Å². The van der Waals surface area contributed by atoms with Gasteiger partial charge >= 0.3 is 0 Å². The molecule has 1 N–H and O–H groups in total. The van der Waals surface area contributed by atoms with Gasteiger partial charge in [0.1, 0.15) is 23.0 Å². The average molecular weight is 407 g/mol. The molecule has 0 atom stereocenters. The molecule has 1 amide bonds. The van der Waals surface area contributed by atoms with E-state index in [1.165, 1.54) is 16.8 Å². The Labute approximate surface area is 169 Å². The number of hydrogen-bond acceptors (Lipinski definition) is 6. The van der Waals surface area contributed by atoms with E-state index in [9.17, 15) is 13.6 Å². The summed E-state index contributed by atoms with van der Waals surface area (Å²) in [4.78, 5) is 20.7. The summed E-state index contributed by atoms with van der Waals surface area (Å²) in [7, 11) is 0. The first-order valence-corrected chi connectivity index (χ1v) is 9.17. The quantitative estimate of drug-likeness (QED) is 0.561. The number of carbonyl (C=O) groups is 1. The van der Waals surface area contributed by atoms with E-state index >= 15 is 0 Å². The molecule has 1 aliphatic heterocycles. The van der Waals surface area contributed by atoms with Crippen LogP contribution in [0.15, 0.2) is 36.5 Å². The standard InChI is InChI=1S/C20H15F2N7O/c1-20(2)15-17(25-19(20)30)24-16(27-26-15)14-12-7-11(21)8-23-18(12)29(28-14)9-10-5-3-4-6-13(10)22/h3-8H,9H2,1-2H3,(H,24,25,27,30). The highest BCUT2D eigenvalue weighted by atomic mass is 19.1. The lowest BCUT2D eigenvalue weighted by Gasteiger charge is -2.11. The molecule has 150 valence electrons. The topological polar surface area (TPSA) is 98.5 Å². The lowest BCUT2D eigenvalue weighted by atomic mass is 9.91. The van der Waals surface area contributed by atoms with Crippen molar-refractivity contribution in [2.24, 2.45) is 0 Å². The van der Waals surface area contributed by atoms with Gasteiger partial charge in [0.05, 0.1) is 23.5 Å². The molecule has 0 spiro atoms. The molecule has 4 heterocycles. The first-order valence-electron chi connectivity index (χ1n) is 9.17. The van der Waals surface area contributed by atoms with E-state index in [0.717, 1.165) is 6.20 Å². The zero-order chi connectivity index (χ0) is 21.0. The van der Waals surface area contributed by atoms with E-state index in [1.807, 2.05) is 0 Å². The summed E-state index contributed by atoms with van der Waals surface area (Å²) in [6.45, 7) is 3.54. The highest BCUT2D eigenvalue weighted by Gasteiger charge is 2.42. The molecular weight excluding hydrogens is 392 g/mol. The number of hydrogen-bond donors (Lipinski definition) is 1. The van der Waals surface area contributed by atoms with Crippen molar-refractivity contribution >= 4 is 22.8 Å². The largest absolute Gasteiger partial charge is 0.308 e. The SMILES string of the molecule is CC1(C)C(=O)Nc2nc(-c3nn(Cc4ccccc4F)c4ncc(F)cc34)nnc21. The van der Waals surface area contributed by atoms with Gasteiger partial charge < -0.3 is 5.32 Å². The number of fused-ring (bicyclic) bond motifs is 2. The zero-order valence-corrected chi connectivity index (χ0v) is 16.0. The Kier molecular flexibility index (Phi) is 3.85. The maximum absolute atomic E-state index is 14.1. The molecule has 4 aromatic rings. The molecule has 0 radical (unpaired) electrons. The second kappa shape index (κ2) is 6.34. The van der Waals surface area contributed by atoms with Crippen molar-refractivity contribution in [2.45, 2.75) is 25.8 Å². The molecule has 0 unspecified atom stereocenters. The van der Waals surface area contributed by atoms with Crippen LogP contribution >= 0.6 is 0 Å². The first-order chi connectivity index (χ1) is 14.3. The summed E-state index contributed by atoms with van der Waals surface area (Å²) in [5.41, 5.74) is 0.566. The number of benzene rings is 1. The number of aromatic nitrogens is 6. The third-order valence-electron chi connectivity index (χ3n) is 5.12. The molecule has 10 heteroatoms. The molecule has 0 aliphatic carbocycles. The molecule has 0 fully saturated rings. The summed E-state index contributed by atoms with van der Waals surface area (Å²) < 4.78 is 29.5. The summed E-state index contributed by atoms with van der Waals surface area (Å²) in [5.74, 6) is -0.783. The van der Waals surface area contributed by atoms with Crippen molar-refractivity contribution in [1.82, 2.24) is 29.9 Å². The van der Waals surface area contributed by atoms with Gasteiger partial charge in [0.15, 0.2) is 11.5 Å². The van der Waals surface area contributed by atoms with Crippen LogP contribution in [-0.4, -0.2) is 35.9 Å². The van der Waals surface area contributed by atoms with Crippen LogP contribution in [0.5, 0.6) is 0 Å². The van der Waals surface area contributed by atoms with Crippen molar-refractivity contribution in [1.29, 1.82) is 0 Å². The molecule has 5 rings (SSSR count). The van der Waals surface area contributed by atoms with E-state index in [2.05, 4.69) is 30.6 Å². The molecule has 8 nitrogen and oxygen atoms in total. The third-order valence-corrected chi connectivity index (χ3v) is 5.12. The molecule has 0 saturated heterocycles. The molecule has 1 aromatic carbocycles. The highest BCUT2D eigenvalue weighted by Crippen LogP contribution is 2.35. The predicted molar refractivity (Wildman–Crippen MR) is 103 cm³/mol. The molecule has 0 bridgehead atoms. The Hall–Kier alpha value is -3.82. The fourth-order valence-corrected chi connectivity index (χ4v) is 3.40. The van der Waals surface area contributed by atoms with Crippen LogP contribution in [0, 0.1) is 11.6 Å². The van der Waals surface area contributed by atoms with Gasteiger partial charge in [-0.15, -0.1) is 10.2 Å². The molecule has 3 aromatic heterocycles. The first kappa shape index (κ1) is 18.2. The number of pyridine rings is 1. The Bertz CT molecular complexity index is 1330. The van der Waals surface area contributed by atoms with Gasteiger partial charge in [0.2, 0.25) is 11.7 Å². The smallest absolute Gasteiger partial charge is 0.237 e. The molecule has 30 heavy (non-hydrogen) atoms. The van der Waals surface area contributed by atoms with Crippen molar-refractivity contribution in [2.75, 3.05) is 5.32 Å². The van der Waals surface area contributed by atoms with Gasteiger partial charge in [-0.3, -0.25) is 4.79 Å². The van der Waals surface area contributed by atoms with Crippen LogP contribution in [0.2, 0.25) is 0 Å². The Morgan fingerprint density at radius 1 is 1.17 bits per heavy atom. The fraction of sp³-hybridized carbons (Fsp3) is 0.200. The summed E-state index contributed by atoms with van der Waals surface area (Å²) in [5, 5.41) is 15.8. The van der Waals surface area contributed by atoms with Crippen LogP contribution in [-0.2, 0) is 16.8 Å². The van der Waals surface area contributed by atoms with Crippen molar-refractivity contribution in [3.63, 3.8) is 0 Å². The number of amides is 1. The minimum absolute atomic E-state index is 0.0872. The van der Waals surface area contributed by atoms with Crippen LogP contribution < -0.4 is 5.32 Å². The lowest BCUT2D eigenvalue weighted by Crippen LogP contribution is -2.27. The number of anilines is 1. The molecule has 0 saturated carbocycles. The van der Waals surface area contributed by atoms with Crippen molar-refractivity contribution < 1.29 is 13.6 Å². The normalized spacial score (nSPS) is 14.7. The second-order valence-corrected chi connectivity index (χ2v) is 7.53. The number of halogens is 2. The Morgan fingerprint density at radius 2 is 1.97 bits per heavy atom. The molecular formula is C20H15F2N7O. The van der Waals surface area contributed by atoms with Gasteiger partial charge in [-0.1, -0.05) is 18.2 Å². The second-order valence-electron chi connectivity index (χ2n) is 7.53. The lowest BCUT2D eigenvalue weighted by molar-refractivity contribution is -0.119. The van der Waals surface area contributed by atoms with Crippen molar-refractivity contribution in [3.05, 3.63) is 59.4 Å². The van der Waals surface area contributed by atoms with Gasteiger partial charge in [-0.25, -0.2) is 23.4 Å². The van der Waals surface area contributed by atoms with Crippen LogP contribution in [0.25, 0.3) is 22.6 Å². The van der Waals surface area contributed by atoms with Crippen molar-refractivity contribution in [3.8, 4) is 11.5 Å². The van der Waals surface area contributed by atoms with Gasteiger partial charge in [0, 0.05) is 5.56 Å². The van der Waals surface area contributed by atoms with E-state index in [0.29, 0.717) is 22.3 Å². The average Bonchev–Trinajstić information content (AvgIpc) is 3.17. The minimum atomic E-state index is -0.853. The van der Waals surface area contributed by atoms with E-state index in [1.54, 1.807) is 32.0 Å². The number of carbonyl (C=O) groups excluding carboxylic acids is 1. The van der Waals surface area contributed by atoms with E-state index in [-0.39, 0.29) is 35.6 Å². The predicted octanol–water partition coefficient (Wildman–Crippen LogP) is 2.84. The highest BCUT2D eigenvalue weighted by molar-refractivity contribution is 6.04. The molecule has 1 aliphatic rings. The number of rotatable bonds is 3. The maximum atomic E-state index is 14.1. The third kappa shape index (κ3) is 2.71. The Balaban J connectivity index is 1.66. The maximum Gasteiger partial charge on any atom is 0.237 e.